The zero-order valence-corrected chi connectivity index (χ0v) is 13.5. The topological polar surface area (TPSA) is 83.3 Å². The molecule has 23 heavy (non-hydrogen) atoms. The molecule has 0 bridgehead atoms. The van der Waals surface area contributed by atoms with E-state index in [1.807, 2.05) is 37.3 Å². The molecule has 0 radical (unpaired) electrons. The molecule has 3 aromatic rings. The summed E-state index contributed by atoms with van der Waals surface area (Å²) in [5.74, 6) is 1.46. The number of aryl methyl sites for hydroxylation is 1. The summed E-state index contributed by atoms with van der Waals surface area (Å²) in [5.41, 5.74) is 2.42. The Balaban J connectivity index is 1.86. The lowest BCUT2D eigenvalue weighted by atomic mass is 10.3. The number of pyridine rings is 2. The van der Waals surface area contributed by atoms with Crippen LogP contribution in [0.25, 0.3) is 10.6 Å². The predicted molar refractivity (Wildman–Crippen MR) is 91.6 cm³/mol. The molecule has 3 rings (SSSR count). The average molecular weight is 325 g/mol. The first-order valence-corrected chi connectivity index (χ1v) is 7.79. The summed E-state index contributed by atoms with van der Waals surface area (Å²) in [6, 6.07) is 9.62. The van der Waals surface area contributed by atoms with Crippen molar-refractivity contribution in [2.45, 2.75) is 13.8 Å². The van der Waals surface area contributed by atoms with E-state index < -0.39 is 0 Å². The largest absolute Gasteiger partial charge is 0.411 e. The van der Waals surface area contributed by atoms with Crippen LogP contribution >= 0.6 is 11.3 Å². The highest BCUT2D eigenvalue weighted by Crippen LogP contribution is 2.26. The van der Waals surface area contributed by atoms with Gasteiger partial charge in [0.15, 0.2) is 0 Å². The summed E-state index contributed by atoms with van der Waals surface area (Å²) in [7, 11) is 0. The first-order chi connectivity index (χ1) is 11.2. The maximum Gasteiger partial charge on any atom is 0.141 e. The van der Waals surface area contributed by atoms with Gasteiger partial charge in [0.1, 0.15) is 22.4 Å². The molecule has 0 aliphatic carbocycles. The summed E-state index contributed by atoms with van der Waals surface area (Å²) < 4.78 is 0. The van der Waals surface area contributed by atoms with Gasteiger partial charge >= 0.3 is 0 Å². The fourth-order valence-electron chi connectivity index (χ4n) is 1.98. The van der Waals surface area contributed by atoms with Crippen molar-refractivity contribution in [1.29, 1.82) is 0 Å². The zero-order valence-electron chi connectivity index (χ0n) is 12.7. The standard InChI is InChI=1S/C16H15N5OS/c1-10-6-7-17-15(8-10)20-14-5-3-4-12(19-14)13-9-18-16(23-13)11(2)21-22/h3-9,22H,1-2H3,(H,17,19,20). The van der Waals surface area contributed by atoms with E-state index >= 15 is 0 Å². The van der Waals surface area contributed by atoms with Gasteiger partial charge in [-0.15, -0.1) is 11.3 Å². The molecule has 0 aliphatic heterocycles. The van der Waals surface area contributed by atoms with E-state index in [0.29, 0.717) is 16.5 Å². The summed E-state index contributed by atoms with van der Waals surface area (Å²) in [6.07, 6.45) is 3.49. The number of hydrogen-bond acceptors (Lipinski definition) is 7. The van der Waals surface area contributed by atoms with Crippen molar-refractivity contribution in [1.82, 2.24) is 15.0 Å². The van der Waals surface area contributed by atoms with Crippen LogP contribution in [0.1, 0.15) is 17.5 Å². The van der Waals surface area contributed by atoms with E-state index in [1.54, 1.807) is 19.3 Å². The molecule has 7 heteroatoms. The highest BCUT2D eigenvalue weighted by molar-refractivity contribution is 7.17. The van der Waals surface area contributed by atoms with E-state index in [0.717, 1.165) is 22.0 Å². The van der Waals surface area contributed by atoms with Crippen LogP contribution in [0.3, 0.4) is 0 Å². The van der Waals surface area contributed by atoms with E-state index in [-0.39, 0.29) is 0 Å². The average Bonchev–Trinajstić information content (AvgIpc) is 3.04. The Morgan fingerprint density at radius 3 is 2.87 bits per heavy atom. The summed E-state index contributed by atoms with van der Waals surface area (Å²) in [5, 5.41) is 15.9. The van der Waals surface area contributed by atoms with Gasteiger partial charge in [-0.05, 0) is 43.7 Å². The minimum absolute atomic E-state index is 0.486. The van der Waals surface area contributed by atoms with Gasteiger partial charge in [0.05, 0.1) is 10.6 Å². The molecule has 3 aromatic heterocycles. The maximum atomic E-state index is 8.82. The Kier molecular flexibility index (Phi) is 4.29. The van der Waals surface area contributed by atoms with Gasteiger partial charge in [0, 0.05) is 12.4 Å². The maximum absolute atomic E-state index is 8.82. The quantitative estimate of drug-likeness (QED) is 0.432. The van der Waals surface area contributed by atoms with Crippen LogP contribution in [0.15, 0.2) is 47.9 Å². The Labute approximate surface area is 137 Å². The lowest BCUT2D eigenvalue weighted by Crippen LogP contribution is -1.96. The molecular weight excluding hydrogens is 310 g/mol. The second kappa shape index (κ2) is 6.53. The molecule has 0 saturated carbocycles. The van der Waals surface area contributed by atoms with E-state index in [9.17, 15) is 0 Å². The van der Waals surface area contributed by atoms with Gasteiger partial charge in [-0.3, -0.25) is 0 Å². The van der Waals surface area contributed by atoms with Crippen molar-refractivity contribution in [3.05, 3.63) is 53.3 Å². The monoisotopic (exact) mass is 325 g/mol. The number of anilines is 2. The molecule has 2 N–H and O–H groups in total. The van der Waals surface area contributed by atoms with Crippen LogP contribution in [-0.4, -0.2) is 25.9 Å². The van der Waals surface area contributed by atoms with Crippen molar-refractivity contribution in [3.63, 3.8) is 0 Å². The third kappa shape index (κ3) is 3.51. The smallest absolute Gasteiger partial charge is 0.141 e. The van der Waals surface area contributed by atoms with Crippen molar-refractivity contribution in [3.8, 4) is 10.6 Å². The van der Waals surface area contributed by atoms with Crippen LogP contribution in [-0.2, 0) is 0 Å². The highest BCUT2D eigenvalue weighted by atomic mass is 32.1. The van der Waals surface area contributed by atoms with Gasteiger partial charge in [0.25, 0.3) is 0 Å². The van der Waals surface area contributed by atoms with Crippen LogP contribution in [0, 0.1) is 6.92 Å². The molecule has 0 fully saturated rings. The summed E-state index contributed by atoms with van der Waals surface area (Å²) in [4.78, 5) is 14.0. The van der Waals surface area contributed by atoms with Crippen LogP contribution in [0.4, 0.5) is 11.6 Å². The molecule has 0 unspecified atom stereocenters. The minimum Gasteiger partial charge on any atom is -0.411 e. The van der Waals surface area contributed by atoms with Crippen molar-refractivity contribution < 1.29 is 5.21 Å². The van der Waals surface area contributed by atoms with Gasteiger partial charge in [0.2, 0.25) is 0 Å². The first-order valence-electron chi connectivity index (χ1n) is 6.97. The van der Waals surface area contributed by atoms with Gasteiger partial charge < -0.3 is 10.5 Å². The van der Waals surface area contributed by atoms with Crippen molar-refractivity contribution in [2.24, 2.45) is 5.16 Å². The molecule has 0 aromatic carbocycles. The summed E-state index contributed by atoms with van der Waals surface area (Å²) >= 11 is 1.43. The number of thiazole rings is 1. The van der Waals surface area contributed by atoms with E-state index in [2.05, 4.69) is 25.4 Å². The number of nitrogens with zero attached hydrogens (tertiary/aromatic N) is 4. The van der Waals surface area contributed by atoms with Gasteiger partial charge in [-0.2, -0.15) is 0 Å². The highest BCUT2D eigenvalue weighted by Gasteiger charge is 2.09. The SMILES string of the molecule is CC(=NO)c1ncc(-c2cccc(Nc3cc(C)ccn3)n2)s1. The Hall–Kier alpha value is -2.80. The molecule has 3 heterocycles. The van der Waals surface area contributed by atoms with E-state index in [1.165, 1.54) is 11.3 Å². The molecule has 0 spiro atoms. The number of hydrogen-bond donors (Lipinski definition) is 2. The Bertz CT molecular complexity index is 859. The third-order valence-electron chi connectivity index (χ3n) is 3.14. The second-order valence-electron chi connectivity index (χ2n) is 4.97. The molecular formula is C16H15N5OS. The lowest BCUT2D eigenvalue weighted by molar-refractivity contribution is 0.319. The summed E-state index contributed by atoms with van der Waals surface area (Å²) in [6.45, 7) is 3.72. The predicted octanol–water partition coefficient (Wildman–Crippen LogP) is 3.85. The Morgan fingerprint density at radius 2 is 2.09 bits per heavy atom. The number of aromatic nitrogens is 3. The molecule has 116 valence electrons. The zero-order chi connectivity index (χ0) is 16.2. The molecule has 0 amide bonds. The second-order valence-corrected chi connectivity index (χ2v) is 6.00. The Morgan fingerprint density at radius 1 is 1.22 bits per heavy atom. The van der Waals surface area contributed by atoms with Crippen molar-refractivity contribution in [2.75, 3.05) is 5.32 Å². The van der Waals surface area contributed by atoms with Crippen LogP contribution in [0.5, 0.6) is 0 Å². The third-order valence-corrected chi connectivity index (χ3v) is 4.27. The number of nitrogens with one attached hydrogen (secondary N) is 1. The molecule has 0 atom stereocenters. The van der Waals surface area contributed by atoms with Crippen LogP contribution in [0.2, 0.25) is 0 Å². The first kappa shape index (κ1) is 15.1. The number of oxime groups is 1. The molecule has 0 aliphatic rings. The fourth-order valence-corrected chi connectivity index (χ4v) is 2.81. The minimum atomic E-state index is 0.486. The molecule has 6 nitrogen and oxygen atoms in total. The van der Waals surface area contributed by atoms with Gasteiger partial charge in [-0.25, -0.2) is 15.0 Å². The lowest BCUT2D eigenvalue weighted by Gasteiger charge is -2.06. The fraction of sp³-hybridized carbons (Fsp3) is 0.125. The molecule has 0 saturated heterocycles. The van der Waals surface area contributed by atoms with Crippen molar-refractivity contribution >= 4 is 28.7 Å². The van der Waals surface area contributed by atoms with Crippen LogP contribution < -0.4 is 5.32 Å². The number of rotatable bonds is 4. The van der Waals surface area contributed by atoms with E-state index in [4.69, 9.17) is 5.21 Å². The normalized spacial score (nSPS) is 11.5. The van der Waals surface area contributed by atoms with Gasteiger partial charge in [-0.1, -0.05) is 11.2 Å².